The second-order valence-electron chi connectivity index (χ2n) is 3.99. The average molecular weight is 260 g/mol. The van der Waals surface area contributed by atoms with Crippen molar-refractivity contribution in [2.75, 3.05) is 7.05 Å². The summed E-state index contributed by atoms with van der Waals surface area (Å²) in [5, 5.41) is 4.07. The highest BCUT2D eigenvalue weighted by Gasteiger charge is 2.28. The Hall–Kier alpha value is -0.250. The number of benzene rings is 1. The SMILES string of the molecule is CCC1SCc2cc(F)c(Cl)cc2C1NC. The predicted octanol–water partition coefficient (Wildman–Crippen LogP) is 3.77. The molecule has 0 saturated heterocycles. The number of hydrogen-bond acceptors (Lipinski definition) is 2. The van der Waals surface area contributed by atoms with Crippen LogP contribution in [0.15, 0.2) is 12.1 Å². The quantitative estimate of drug-likeness (QED) is 0.868. The van der Waals surface area contributed by atoms with Gasteiger partial charge in [0.1, 0.15) is 5.82 Å². The first kappa shape index (κ1) is 12.2. The van der Waals surface area contributed by atoms with E-state index in [-0.39, 0.29) is 16.9 Å². The van der Waals surface area contributed by atoms with Gasteiger partial charge in [-0.2, -0.15) is 11.8 Å². The molecule has 88 valence electrons. The van der Waals surface area contributed by atoms with Crippen molar-refractivity contribution < 1.29 is 4.39 Å². The molecule has 1 heterocycles. The molecule has 1 aromatic rings. The van der Waals surface area contributed by atoms with Crippen molar-refractivity contribution >= 4 is 23.4 Å². The molecule has 16 heavy (non-hydrogen) atoms. The van der Waals surface area contributed by atoms with Crippen LogP contribution in [0.2, 0.25) is 5.02 Å². The molecule has 0 amide bonds. The molecule has 4 heteroatoms. The number of hydrogen-bond donors (Lipinski definition) is 1. The van der Waals surface area contributed by atoms with Crippen molar-refractivity contribution in [3.63, 3.8) is 0 Å². The first-order chi connectivity index (χ1) is 7.67. The largest absolute Gasteiger partial charge is 0.312 e. The second-order valence-corrected chi connectivity index (χ2v) is 5.62. The maximum atomic E-state index is 13.4. The van der Waals surface area contributed by atoms with Gasteiger partial charge in [0, 0.05) is 17.0 Å². The molecule has 0 spiro atoms. The lowest BCUT2D eigenvalue weighted by Crippen LogP contribution is -2.30. The molecule has 0 fully saturated rings. The molecule has 1 N–H and O–H groups in total. The highest BCUT2D eigenvalue weighted by molar-refractivity contribution is 7.99. The third-order valence-corrected chi connectivity index (χ3v) is 4.86. The Morgan fingerprint density at radius 2 is 2.31 bits per heavy atom. The Morgan fingerprint density at radius 3 is 2.94 bits per heavy atom. The Labute approximate surface area is 105 Å². The van der Waals surface area contributed by atoms with Gasteiger partial charge in [-0.25, -0.2) is 4.39 Å². The van der Waals surface area contributed by atoms with Gasteiger partial charge in [-0.15, -0.1) is 0 Å². The van der Waals surface area contributed by atoms with Crippen LogP contribution < -0.4 is 5.32 Å². The Morgan fingerprint density at radius 1 is 1.56 bits per heavy atom. The van der Waals surface area contributed by atoms with Gasteiger partial charge in [0.2, 0.25) is 0 Å². The normalized spacial score (nSPS) is 24.2. The van der Waals surface area contributed by atoms with E-state index in [1.807, 2.05) is 18.8 Å². The zero-order valence-electron chi connectivity index (χ0n) is 9.39. The smallest absolute Gasteiger partial charge is 0.142 e. The molecule has 0 saturated carbocycles. The van der Waals surface area contributed by atoms with Crippen molar-refractivity contribution in [1.82, 2.24) is 5.32 Å². The summed E-state index contributed by atoms with van der Waals surface area (Å²) in [7, 11) is 1.94. The van der Waals surface area contributed by atoms with Crippen molar-refractivity contribution in [2.24, 2.45) is 0 Å². The van der Waals surface area contributed by atoms with E-state index in [4.69, 9.17) is 11.6 Å². The Kier molecular flexibility index (Phi) is 3.77. The molecule has 1 nitrogen and oxygen atoms in total. The van der Waals surface area contributed by atoms with Crippen LogP contribution in [0.4, 0.5) is 4.39 Å². The Bertz CT molecular complexity index is 397. The molecule has 0 bridgehead atoms. The van der Waals surface area contributed by atoms with Gasteiger partial charge < -0.3 is 5.32 Å². The molecule has 1 aliphatic rings. The van der Waals surface area contributed by atoms with Gasteiger partial charge >= 0.3 is 0 Å². The van der Waals surface area contributed by atoms with E-state index < -0.39 is 0 Å². The van der Waals surface area contributed by atoms with E-state index >= 15 is 0 Å². The summed E-state index contributed by atoms with van der Waals surface area (Å²) in [4.78, 5) is 0. The van der Waals surface area contributed by atoms with Crippen LogP contribution >= 0.6 is 23.4 Å². The van der Waals surface area contributed by atoms with Gasteiger partial charge in [0.05, 0.1) is 5.02 Å². The minimum absolute atomic E-state index is 0.223. The summed E-state index contributed by atoms with van der Waals surface area (Å²) < 4.78 is 13.4. The summed E-state index contributed by atoms with van der Waals surface area (Å²) in [6.07, 6.45) is 1.10. The van der Waals surface area contributed by atoms with Crippen LogP contribution in [0, 0.1) is 5.82 Å². The fraction of sp³-hybridized carbons (Fsp3) is 0.500. The van der Waals surface area contributed by atoms with Gasteiger partial charge in [0.15, 0.2) is 0 Å². The summed E-state index contributed by atoms with van der Waals surface area (Å²) in [6, 6.07) is 3.62. The molecule has 1 aliphatic heterocycles. The van der Waals surface area contributed by atoms with Crippen molar-refractivity contribution in [3.8, 4) is 0 Å². The lowest BCUT2D eigenvalue weighted by Gasteiger charge is -2.32. The number of nitrogens with one attached hydrogen (secondary N) is 1. The van der Waals surface area contributed by atoms with E-state index in [1.165, 1.54) is 0 Å². The van der Waals surface area contributed by atoms with Gasteiger partial charge in [-0.3, -0.25) is 0 Å². The predicted molar refractivity (Wildman–Crippen MR) is 68.6 cm³/mol. The fourth-order valence-electron chi connectivity index (χ4n) is 2.21. The molecule has 2 atom stereocenters. The molecule has 0 radical (unpaired) electrons. The molecule has 0 aromatic heterocycles. The van der Waals surface area contributed by atoms with E-state index in [0.717, 1.165) is 23.3 Å². The van der Waals surface area contributed by atoms with Crippen LogP contribution in [0.25, 0.3) is 0 Å². The molecule has 1 aromatic carbocycles. The number of fused-ring (bicyclic) bond motifs is 1. The monoisotopic (exact) mass is 259 g/mol. The first-order valence-corrected chi connectivity index (χ1v) is 6.86. The van der Waals surface area contributed by atoms with E-state index in [1.54, 1.807) is 12.1 Å². The topological polar surface area (TPSA) is 12.0 Å². The van der Waals surface area contributed by atoms with Crippen molar-refractivity contribution in [3.05, 3.63) is 34.1 Å². The van der Waals surface area contributed by atoms with Crippen molar-refractivity contribution in [2.45, 2.75) is 30.4 Å². The highest BCUT2D eigenvalue weighted by atomic mass is 35.5. The van der Waals surface area contributed by atoms with Gasteiger partial charge in [-0.1, -0.05) is 18.5 Å². The van der Waals surface area contributed by atoms with Gasteiger partial charge in [-0.05, 0) is 36.7 Å². The summed E-state index contributed by atoms with van der Waals surface area (Å²) in [5.41, 5.74) is 2.22. The number of thioether (sulfide) groups is 1. The van der Waals surface area contributed by atoms with Gasteiger partial charge in [0.25, 0.3) is 0 Å². The van der Waals surface area contributed by atoms with E-state index in [9.17, 15) is 4.39 Å². The first-order valence-electron chi connectivity index (χ1n) is 5.44. The fourth-order valence-corrected chi connectivity index (χ4v) is 3.73. The number of rotatable bonds is 2. The molecule has 0 aliphatic carbocycles. The lowest BCUT2D eigenvalue weighted by atomic mass is 9.96. The highest BCUT2D eigenvalue weighted by Crippen LogP contribution is 2.40. The Balaban J connectivity index is 2.44. The molecular formula is C12H15ClFNS. The average Bonchev–Trinajstić information content (AvgIpc) is 2.29. The van der Waals surface area contributed by atoms with Crippen molar-refractivity contribution in [1.29, 1.82) is 0 Å². The maximum Gasteiger partial charge on any atom is 0.142 e. The minimum Gasteiger partial charge on any atom is -0.312 e. The zero-order valence-corrected chi connectivity index (χ0v) is 11.0. The number of halogens is 2. The molecule has 2 rings (SSSR count). The van der Waals surface area contributed by atoms with E-state index in [2.05, 4.69) is 12.2 Å². The van der Waals surface area contributed by atoms with Crippen LogP contribution in [0.1, 0.15) is 30.5 Å². The standard InChI is InChI=1S/C12H15ClFNS/c1-3-11-12(15-2)8-5-9(13)10(14)4-7(8)6-16-11/h4-5,11-12,15H,3,6H2,1-2H3. The summed E-state index contributed by atoms with van der Waals surface area (Å²) in [5.74, 6) is 0.561. The lowest BCUT2D eigenvalue weighted by molar-refractivity contribution is 0.543. The van der Waals surface area contributed by atoms with E-state index in [0.29, 0.717) is 5.25 Å². The third-order valence-electron chi connectivity index (χ3n) is 3.06. The minimum atomic E-state index is -0.314. The molecule has 2 unspecified atom stereocenters. The van der Waals surface area contributed by atoms with Crippen LogP contribution in [0.3, 0.4) is 0 Å². The maximum absolute atomic E-state index is 13.4. The third kappa shape index (κ3) is 2.08. The zero-order chi connectivity index (χ0) is 11.7. The van der Waals surface area contributed by atoms with Crippen LogP contribution in [-0.2, 0) is 5.75 Å². The summed E-state index contributed by atoms with van der Waals surface area (Å²) in [6.45, 7) is 2.18. The van der Waals surface area contributed by atoms with Crippen LogP contribution in [0.5, 0.6) is 0 Å². The summed E-state index contributed by atoms with van der Waals surface area (Å²) >= 11 is 7.73. The molecular weight excluding hydrogens is 245 g/mol. The van der Waals surface area contributed by atoms with Crippen LogP contribution in [-0.4, -0.2) is 12.3 Å². The second kappa shape index (κ2) is 4.94.